The molecule has 0 spiro atoms. The second kappa shape index (κ2) is 11.8. The maximum atomic E-state index is 12.9. The van der Waals surface area contributed by atoms with Crippen LogP contribution in [0.1, 0.15) is 85.7 Å². The third kappa shape index (κ3) is 8.33. The van der Waals surface area contributed by atoms with Crippen LogP contribution < -0.4 is 10.9 Å². The minimum Gasteiger partial charge on any atom is -0.507 e. The van der Waals surface area contributed by atoms with Crippen LogP contribution in [-0.2, 0) is 6.42 Å². The molecule has 0 aliphatic carbocycles. The Labute approximate surface area is 203 Å². The predicted molar refractivity (Wildman–Crippen MR) is 135 cm³/mol. The highest BCUT2D eigenvalue weighted by atomic mass is 32.1. The fourth-order valence-corrected chi connectivity index (χ4v) is 4.25. The molecule has 0 fully saturated rings. The van der Waals surface area contributed by atoms with E-state index in [0.717, 1.165) is 17.7 Å². The van der Waals surface area contributed by atoms with Gasteiger partial charge in [0.25, 0.3) is 0 Å². The number of hydrogen-bond acceptors (Lipinski definition) is 6. The molecule has 0 radical (unpaired) electrons. The van der Waals surface area contributed by atoms with Crippen LogP contribution in [0, 0.1) is 5.41 Å². The van der Waals surface area contributed by atoms with Crippen LogP contribution in [0.15, 0.2) is 45.3 Å². The molecule has 8 heteroatoms. The van der Waals surface area contributed by atoms with Crippen molar-refractivity contribution in [3.63, 3.8) is 0 Å². The zero-order valence-electron chi connectivity index (χ0n) is 20.3. The highest BCUT2D eigenvalue weighted by Gasteiger charge is 2.22. The smallest absolute Gasteiger partial charge is 0.408 e. The van der Waals surface area contributed by atoms with Gasteiger partial charge in [-0.3, -0.25) is 10.1 Å². The molecule has 2 aromatic rings. The quantitative estimate of drug-likeness (QED) is 0.266. The number of aromatic hydroxyl groups is 1. The molecule has 0 saturated carbocycles. The van der Waals surface area contributed by atoms with Gasteiger partial charge in [0.05, 0.1) is 0 Å². The van der Waals surface area contributed by atoms with Gasteiger partial charge in [-0.1, -0.05) is 33.8 Å². The number of ketones is 1. The summed E-state index contributed by atoms with van der Waals surface area (Å²) in [6.07, 6.45) is 6.66. The fourth-order valence-electron chi connectivity index (χ4n) is 3.23. The Hall–Kier alpha value is -3.13. The van der Waals surface area contributed by atoms with Crippen molar-refractivity contribution in [3.05, 3.63) is 67.5 Å². The van der Waals surface area contributed by atoms with Crippen molar-refractivity contribution >= 4 is 29.3 Å². The molecule has 2 aromatic heterocycles. The predicted octanol–water partition coefficient (Wildman–Crippen LogP) is 6.34. The zero-order chi connectivity index (χ0) is 25.5. The number of Topliss-reactive ketones (excluding diaryl/α,β-unsaturated/α-hetero) is 1. The second-order valence-corrected chi connectivity index (χ2v) is 10.7. The maximum Gasteiger partial charge on any atom is 0.408 e. The minimum atomic E-state index is -1.15. The third-order valence-electron chi connectivity index (χ3n) is 5.27. The van der Waals surface area contributed by atoms with Crippen LogP contribution in [0.3, 0.4) is 0 Å². The maximum absolute atomic E-state index is 12.9. The van der Waals surface area contributed by atoms with Gasteiger partial charge in [0.1, 0.15) is 17.1 Å². The lowest BCUT2D eigenvalue weighted by molar-refractivity contribution is 0.102. The van der Waals surface area contributed by atoms with E-state index in [0.29, 0.717) is 18.4 Å². The van der Waals surface area contributed by atoms with Gasteiger partial charge < -0.3 is 14.6 Å². The monoisotopic (exact) mass is 487 g/mol. The third-order valence-corrected chi connectivity index (χ3v) is 6.37. The van der Waals surface area contributed by atoms with Crippen LogP contribution in [0.5, 0.6) is 5.75 Å². The summed E-state index contributed by atoms with van der Waals surface area (Å²) >= 11 is 1.61. The SMILES string of the molecule is C/C(=C\c1ccc(CCC(C)(C)C)s1)C(=O)c1c(O)cc(C(C)CCC=CNC(=O)O)oc1=O. The van der Waals surface area contributed by atoms with Crippen LogP contribution in [-0.4, -0.2) is 22.1 Å². The Balaban J connectivity index is 2.11. The van der Waals surface area contributed by atoms with Gasteiger partial charge in [-0.25, -0.2) is 9.59 Å². The summed E-state index contributed by atoms with van der Waals surface area (Å²) in [5, 5.41) is 21.1. The molecule has 0 aliphatic rings. The summed E-state index contributed by atoms with van der Waals surface area (Å²) in [4.78, 5) is 38.0. The van der Waals surface area contributed by atoms with Crippen LogP contribution >= 0.6 is 11.3 Å². The van der Waals surface area contributed by atoms with Crippen molar-refractivity contribution in [3.8, 4) is 5.75 Å². The van der Waals surface area contributed by atoms with Crippen molar-refractivity contribution in [2.75, 3.05) is 0 Å². The Morgan fingerprint density at radius 1 is 1.26 bits per heavy atom. The van der Waals surface area contributed by atoms with Crippen molar-refractivity contribution in [2.45, 2.75) is 66.2 Å². The lowest BCUT2D eigenvalue weighted by Crippen LogP contribution is -2.16. The number of aryl methyl sites for hydroxylation is 1. The normalized spacial score (nSPS) is 13.3. The molecule has 3 N–H and O–H groups in total. The van der Waals surface area contributed by atoms with E-state index in [4.69, 9.17) is 9.52 Å². The molecule has 34 heavy (non-hydrogen) atoms. The van der Waals surface area contributed by atoms with Gasteiger partial charge >= 0.3 is 11.7 Å². The summed E-state index contributed by atoms with van der Waals surface area (Å²) in [5.41, 5.74) is -0.668. The van der Waals surface area contributed by atoms with Gasteiger partial charge in [0.2, 0.25) is 0 Å². The molecular weight excluding hydrogens is 454 g/mol. The Bertz CT molecular complexity index is 1130. The first-order chi connectivity index (χ1) is 15.9. The summed E-state index contributed by atoms with van der Waals surface area (Å²) in [6, 6.07) is 5.31. The van der Waals surface area contributed by atoms with Crippen LogP contribution in [0.25, 0.3) is 6.08 Å². The number of carbonyl (C=O) groups excluding carboxylic acids is 1. The second-order valence-electron chi connectivity index (χ2n) is 9.55. The van der Waals surface area contributed by atoms with E-state index in [1.54, 1.807) is 30.4 Å². The number of carboxylic acid groups (broad SMARTS) is 1. The van der Waals surface area contributed by atoms with Gasteiger partial charge in [-0.2, -0.15) is 0 Å². The van der Waals surface area contributed by atoms with Gasteiger partial charge in [-0.15, -0.1) is 11.3 Å². The van der Waals surface area contributed by atoms with E-state index in [2.05, 4.69) is 32.2 Å². The molecule has 2 rings (SSSR count). The molecule has 7 nitrogen and oxygen atoms in total. The summed E-state index contributed by atoms with van der Waals surface area (Å²) in [7, 11) is 0. The molecule has 2 heterocycles. The summed E-state index contributed by atoms with van der Waals surface area (Å²) in [5.74, 6) is -0.928. The number of nitrogens with one attached hydrogen (secondary N) is 1. The van der Waals surface area contributed by atoms with Crippen molar-refractivity contribution in [1.29, 1.82) is 0 Å². The minimum absolute atomic E-state index is 0.216. The molecule has 0 aliphatic heterocycles. The topological polar surface area (TPSA) is 117 Å². The first-order valence-electron chi connectivity index (χ1n) is 11.2. The molecule has 0 bridgehead atoms. The van der Waals surface area contributed by atoms with Crippen LogP contribution in [0.4, 0.5) is 4.79 Å². The van der Waals surface area contributed by atoms with E-state index in [9.17, 15) is 19.5 Å². The lowest BCUT2D eigenvalue weighted by atomic mass is 9.90. The number of carbonyl (C=O) groups is 2. The fraction of sp³-hybridized carbons (Fsp3) is 0.423. The molecule has 0 aromatic carbocycles. The molecule has 0 saturated heterocycles. The summed E-state index contributed by atoms with van der Waals surface area (Å²) in [6.45, 7) is 10.0. The molecule has 1 atom stereocenters. The molecule has 1 amide bonds. The molecule has 184 valence electrons. The zero-order valence-corrected chi connectivity index (χ0v) is 21.1. The number of hydrogen-bond donors (Lipinski definition) is 3. The average Bonchev–Trinajstić information content (AvgIpc) is 3.17. The Kier molecular flexibility index (Phi) is 9.44. The lowest BCUT2D eigenvalue weighted by Gasteiger charge is -2.16. The van der Waals surface area contributed by atoms with E-state index in [-0.39, 0.29) is 22.7 Å². The Morgan fingerprint density at radius 3 is 2.59 bits per heavy atom. The van der Waals surface area contributed by atoms with Gasteiger partial charge in [0.15, 0.2) is 5.78 Å². The van der Waals surface area contributed by atoms with E-state index in [1.807, 2.05) is 13.0 Å². The highest BCUT2D eigenvalue weighted by molar-refractivity contribution is 7.12. The van der Waals surface area contributed by atoms with E-state index in [1.165, 1.54) is 17.1 Å². The standard InChI is InChI=1S/C26H33NO6S/c1-16(8-6-7-13-27-25(31)32)21-15-20(28)22(24(30)33-21)23(29)17(2)14-19-10-9-18(34-19)11-12-26(3,4)5/h7,9-10,13-16,27-28H,6,8,11-12H2,1-5H3,(H,31,32)/b13-7?,17-14+. The highest BCUT2D eigenvalue weighted by Crippen LogP contribution is 2.28. The average molecular weight is 488 g/mol. The van der Waals surface area contributed by atoms with E-state index >= 15 is 0 Å². The van der Waals surface area contributed by atoms with Crippen molar-refractivity contribution < 1.29 is 24.2 Å². The number of thiophene rings is 1. The first kappa shape index (κ1) is 27.1. The number of allylic oxidation sites excluding steroid dienone is 2. The van der Waals surface area contributed by atoms with Gasteiger partial charge in [0, 0.05) is 27.9 Å². The van der Waals surface area contributed by atoms with Crippen LogP contribution in [0.2, 0.25) is 0 Å². The number of rotatable bonds is 10. The largest absolute Gasteiger partial charge is 0.507 e. The summed E-state index contributed by atoms with van der Waals surface area (Å²) < 4.78 is 5.34. The first-order valence-corrected chi connectivity index (χ1v) is 12.0. The van der Waals surface area contributed by atoms with Crippen molar-refractivity contribution in [1.82, 2.24) is 5.32 Å². The van der Waals surface area contributed by atoms with E-state index < -0.39 is 23.3 Å². The Morgan fingerprint density at radius 2 is 1.97 bits per heavy atom. The van der Waals surface area contributed by atoms with Gasteiger partial charge in [-0.05, 0) is 61.8 Å². The molecule has 1 unspecified atom stereocenters. The molecular formula is C26H33NO6S. The van der Waals surface area contributed by atoms with Crippen molar-refractivity contribution in [2.24, 2.45) is 5.41 Å². The number of amides is 1.